The first-order chi connectivity index (χ1) is 9.10. The second-order valence-electron chi connectivity index (χ2n) is 4.19. The van der Waals surface area contributed by atoms with Crippen LogP contribution < -0.4 is 5.32 Å². The summed E-state index contributed by atoms with van der Waals surface area (Å²) in [6.07, 6.45) is 1.68. The summed E-state index contributed by atoms with van der Waals surface area (Å²) in [5.41, 5.74) is 0.998. The second-order valence-corrected chi connectivity index (χ2v) is 6.47. The molecule has 0 aromatic carbocycles. The fourth-order valence-electron chi connectivity index (χ4n) is 1.79. The van der Waals surface area contributed by atoms with Crippen LogP contribution in [0.25, 0.3) is 0 Å². The first-order valence-electron chi connectivity index (χ1n) is 6.01. The smallest absolute Gasteiger partial charge is 0.176 e. The fraction of sp³-hybridized carbons (Fsp3) is 0.545. The minimum Gasteiger partial charge on any atom is -0.309 e. The van der Waals surface area contributed by atoms with Gasteiger partial charge in [-0.15, -0.1) is 21.5 Å². The highest BCUT2D eigenvalue weighted by Gasteiger charge is 2.19. The molecule has 1 N–H and O–H groups in total. The van der Waals surface area contributed by atoms with Crippen LogP contribution in [-0.4, -0.2) is 26.8 Å². The van der Waals surface area contributed by atoms with E-state index in [2.05, 4.69) is 27.7 Å². The van der Waals surface area contributed by atoms with E-state index in [1.807, 2.05) is 6.07 Å². The lowest BCUT2D eigenvalue weighted by molar-refractivity contribution is 0.518. The van der Waals surface area contributed by atoms with Gasteiger partial charge in [0.2, 0.25) is 0 Å². The average Bonchev–Trinajstić information content (AvgIpc) is 2.91. The summed E-state index contributed by atoms with van der Waals surface area (Å²) in [6, 6.07) is 1.96. The van der Waals surface area contributed by atoms with E-state index in [0.717, 1.165) is 18.5 Å². The van der Waals surface area contributed by atoms with E-state index in [9.17, 15) is 0 Å². The van der Waals surface area contributed by atoms with Crippen molar-refractivity contribution < 1.29 is 0 Å². The van der Waals surface area contributed by atoms with E-state index in [4.69, 9.17) is 23.2 Å². The number of nitrogens with zero attached hydrogens (tertiary/aromatic N) is 4. The number of tetrazole rings is 1. The standard InChI is InChI=1S/C11H15Cl2N5S/c1-3-4-14-8(6-10-15-17-18(2)16-10)7-5-9(12)19-11(7)13/h5,8,14H,3-4,6H2,1-2H3. The Balaban J connectivity index is 2.18. The summed E-state index contributed by atoms with van der Waals surface area (Å²) >= 11 is 13.6. The van der Waals surface area contributed by atoms with Crippen LogP contribution in [0.15, 0.2) is 6.07 Å². The summed E-state index contributed by atoms with van der Waals surface area (Å²) in [4.78, 5) is 1.45. The van der Waals surface area contributed by atoms with Gasteiger partial charge in [0.05, 0.1) is 15.7 Å². The minimum absolute atomic E-state index is 0.0559. The summed E-state index contributed by atoms with van der Waals surface area (Å²) < 4.78 is 1.40. The maximum atomic E-state index is 6.22. The molecule has 2 aromatic heterocycles. The lowest BCUT2D eigenvalue weighted by Crippen LogP contribution is -2.24. The van der Waals surface area contributed by atoms with Gasteiger partial charge < -0.3 is 5.32 Å². The largest absolute Gasteiger partial charge is 0.309 e. The molecule has 104 valence electrons. The maximum absolute atomic E-state index is 6.22. The average molecular weight is 320 g/mol. The minimum atomic E-state index is 0.0559. The molecule has 0 saturated carbocycles. The molecule has 0 aliphatic rings. The van der Waals surface area contributed by atoms with Crippen molar-refractivity contribution in [1.29, 1.82) is 0 Å². The van der Waals surface area contributed by atoms with Crippen LogP contribution in [-0.2, 0) is 13.5 Å². The topological polar surface area (TPSA) is 55.6 Å². The lowest BCUT2D eigenvalue weighted by atomic mass is 10.1. The monoisotopic (exact) mass is 319 g/mol. The second kappa shape index (κ2) is 6.65. The van der Waals surface area contributed by atoms with Gasteiger partial charge in [0, 0.05) is 18.0 Å². The van der Waals surface area contributed by atoms with Gasteiger partial charge in [0.1, 0.15) is 0 Å². The van der Waals surface area contributed by atoms with Crippen LogP contribution in [0.3, 0.4) is 0 Å². The molecule has 0 aliphatic carbocycles. The fourth-order valence-corrected chi connectivity index (χ4v) is 3.37. The molecular formula is C11H15Cl2N5S. The molecule has 0 saturated heterocycles. The van der Waals surface area contributed by atoms with Gasteiger partial charge in [-0.25, -0.2) is 0 Å². The molecule has 0 bridgehead atoms. The summed E-state index contributed by atoms with van der Waals surface area (Å²) in [6.45, 7) is 3.02. The number of hydrogen-bond donors (Lipinski definition) is 1. The normalized spacial score (nSPS) is 12.8. The molecule has 0 radical (unpaired) electrons. The quantitative estimate of drug-likeness (QED) is 0.889. The van der Waals surface area contributed by atoms with Crippen molar-refractivity contribution in [3.05, 3.63) is 26.1 Å². The Morgan fingerprint density at radius 3 is 2.79 bits per heavy atom. The zero-order chi connectivity index (χ0) is 13.8. The Morgan fingerprint density at radius 2 is 2.26 bits per heavy atom. The number of thiophene rings is 1. The highest BCUT2D eigenvalue weighted by Crippen LogP contribution is 2.35. The summed E-state index contributed by atoms with van der Waals surface area (Å²) in [5.74, 6) is 0.689. The molecular weight excluding hydrogens is 305 g/mol. The van der Waals surface area contributed by atoms with Gasteiger partial charge in [0.25, 0.3) is 0 Å². The molecule has 0 spiro atoms. The maximum Gasteiger partial charge on any atom is 0.176 e. The lowest BCUT2D eigenvalue weighted by Gasteiger charge is -2.16. The third-order valence-corrected chi connectivity index (χ3v) is 4.15. The van der Waals surface area contributed by atoms with Crippen molar-refractivity contribution >= 4 is 34.5 Å². The van der Waals surface area contributed by atoms with Crippen molar-refractivity contribution in [2.45, 2.75) is 25.8 Å². The Hall–Kier alpha value is -0.690. The van der Waals surface area contributed by atoms with E-state index in [1.54, 1.807) is 7.05 Å². The Morgan fingerprint density at radius 1 is 1.47 bits per heavy atom. The van der Waals surface area contributed by atoms with E-state index >= 15 is 0 Å². The Bertz CT molecular complexity index is 539. The van der Waals surface area contributed by atoms with Gasteiger partial charge in [-0.1, -0.05) is 30.1 Å². The van der Waals surface area contributed by atoms with Crippen LogP contribution in [0, 0.1) is 0 Å². The number of halogens is 2. The van der Waals surface area contributed by atoms with Gasteiger partial charge in [-0.3, -0.25) is 0 Å². The van der Waals surface area contributed by atoms with E-state index in [0.29, 0.717) is 20.9 Å². The number of rotatable bonds is 6. The zero-order valence-electron chi connectivity index (χ0n) is 10.7. The van der Waals surface area contributed by atoms with E-state index < -0.39 is 0 Å². The third kappa shape index (κ3) is 3.89. The van der Waals surface area contributed by atoms with Crippen LogP contribution in [0.4, 0.5) is 0 Å². The first kappa shape index (κ1) is 14.7. The predicted molar refractivity (Wildman–Crippen MR) is 77.9 cm³/mol. The molecule has 2 heterocycles. The SMILES string of the molecule is CCCNC(Cc1nnn(C)n1)c1cc(Cl)sc1Cl. The van der Waals surface area contributed by atoms with Crippen molar-refractivity contribution in [1.82, 2.24) is 25.5 Å². The number of hydrogen-bond acceptors (Lipinski definition) is 5. The Kier molecular flexibility index (Phi) is 5.15. The van der Waals surface area contributed by atoms with Crippen LogP contribution in [0.1, 0.15) is 30.8 Å². The highest BCUT2D eigenvalue weighted by atomic mass is 35.5. The van der Waals surface area contributed by atoms with Crippen molar-refractivity contribution in [2.24, 2.45) is 7.05 Å². The van der Waals surface area contributed by atoms with E-state index in [-0.39, 0.29) is 6.04 Å². The van der Waals surface area contributed by atoms with Gasteiger partial charge in [0.15, 0.2) is 5.82 Å². The molecule has 0 amide bonds. The zero-order valence-corrected chi connectivity index (χ0v) is 13.1. The Labute approximate surface area is 125 Å². The van der Waals surface area contributed by atoms with Crippen LogP contribution in [0.5, 0.6) is 0 Å². The molecule has 19 heavy (non-hydrogen) atoms. The summed E-state index contributed by atoms with van der Waals surface area (Å²) in [5, 5.41) is 15.5. The molecule has 1 unspecified atom stereocenters. The van der Waals surface area contributed by atoms with Crippen LogP contribution >= 0.6 is 34.5 Å². The van der Waals surface area contributed by atoms with E-state index in [1.165, 1.54) is 16.1 Å². The number of aryl methyl sites for hydroxylation is 1. The number of aromatic nitrogens is 4. The molecule has 8 heteroatoms. The molecule has 0 aliphatic heterocycles. The molecule has 2 rings (SSSR count). The summed E-state index contributed by atoms with van der Waals surface area (Å²) in [7, 11) is 1.75. The molecule has 1 atom stereocenters. The van der Waals surface area contributed by atoms with Crippen LogP contribution in [0.2, 0.25) is 8.67 Å². The predicted octanol–water partition coefficient (Wildman–Crippen LogP) is 2.86. The van der Waals surface area contributed by atoms with Gasteiger partial charge >= 0.3 is 0 Å². The highest BCUT2D eigenvalue weighted by molar-refractivity contribution is 7.20. The third-order valence-electron chi connectivity index (χ3n) is 2.64. The van der Waals surface area contributed by atoms with Gasteiger partial charge in [-0.2, -0.15) is 4.80 Å². The molecule has 5 nitrogen and oxygen atoms in total. The molecule has 0 fully saturated rings. The molecule has 2 aromatic rings. The van der Waals surface area contributed by atoms with Crippen molar-refractivity contribution in [2.75, 3.05) is 6.54 Å². The number of nitrogens with one attached hydrogen (secondary N) is 1. The first-order valence-corrected chi connectivity index (χ1v) is 7.58. The van der Waals surface area contributed by atoms with Crippen molar-refractivity contribution in [3.63, 3.8) is 0 Å². The van der Waals surface area contributed by atoms with Gasteiger partial charge in [-0.05, 0) is 24.2 Å². The van der Waals surface area contributed by atoms with Crippen molar-refractivity contribution in [3.8, 4) is 0 Å².